The SMILES string of the molecule is C[C@@](CCn1ccc(-c2ccc(-n3nccn3)cc2)cc1=O)(C(=O)NOC1CCCCO1)S(C)(=O)=O. The van der Waals surface area contributed by atoms with Crippen LogP contribution in [0, 0.1) is 0 Å². The smallest absolute Gasteiger partial charge is 0.264 e. The van der Waals surface area contributed by atoms with Gasteiger partial charge in [-0.15, -0.1) is 0 Å². The Morgan fingerprint density at radius 3 is 2.50 bits per heavy atom. The Labute approximate surface area is 208 Å². The van der Waals surface area contributed by atoms with E-state index in [1.165, 1.54) is 22.4 Å². The zero-order valence-corrected chi connectivity index (χ0v) is 21.0. The molecule has 11 nitrogen and oxygen atoms in total. The Hall–Kier alpha value is -3.35. The van der Waals surface area contributed by atoms with E-state index in [0.717, 1.165) is 30.3 Å². The Kier molecular flexibility index (Phi) is 7.67. The van der Waals surface area contributed by atoms with Crippen LogP contribution in [0.15, 0.2) is 59.8 Å². The summed E-state index contributed by atoms with van der Waals surface area (Å²) in [7, 11) is -3.83. The van der Waals surface area contributed by atoms with Crippen LogP contribution < -0.4 is 11.0 Å². The number of amides is 1. The lowest BCUT2D eigenvalue weighted by Crippen LogP contribution is -2.51. The zero-order chi connectivity index (χ0) is 25.8. The summed E-state index contributed by atoms with van der Waals surface area (Å²) in [5.41, 5.74) is 4.27. The van der Waals surface area contributed by atoms with Crippen LogP contribution in [0.1, 0.15) is 32.6 Å². The molecule has 2 atom stereocenters. The van der Waals surface area contributed by atoms with Crippen molar-refractivity contribution in [3.05, 3.63) is 65.3 Å². The van der Waals surface area contributed by atoms with Gasteiger partial charge in [0.1, 0.15) is 0 Å². The molecule has 1 amide bonds. The van der Waals surface area contributed by atoms with Crippen LogP contribution in [0.25, 0.3) is 16.8 Å². The van der Waals surface area contributed by atoms with Gasteiger partial charge in [-0.1, -0.05) is 12.1 Å². The Morgan fingerprint density at radius 1 is 1.17 bits per heavy atom. The molecular formula is C24H29N5O6S. The molecule has 0 bridgehead atoms. The number of benzene rings is 1. The minimum Gasteiger partial charge on any atom is -0.350 e. The number of ether oxygens (including phenoxy) is 1. The number of aryl methyl sites for hydroxylation is 1. The van der Waals surface area contributed by atoms with Gasteiger partial charge in [0.25, 0.3) is 11.5 Å². The van der Waals surface area contributed by atoms with Crippen LogP contribution >= 0.6 is 0 Å². The Balaban J connectivity index is 1.44. The number of carbonyl (C=O) groups excluding carboxylic acids is 1. The maximum Gasteiger partial charge on any atom is 0.264 e. The minimum atomic E-state index is -3.83. The van der Waals surface area contributed by atoms with Crippen LogP contribution in [0.5, 0.6) is 0 Å². The van der Waals surface area contributed by atoms with Gasteiger partial charge in [0.2, 0.25) is 0 Å². The topological polar surface area (TPSA) is 134 Å². The van der Waals surface area contributed by atoms with Gasteiger partial charge in [0.05, 0.1) is 18.1 Å². The average Bonchev–Trinajstić information content (AvgIpc) is 3.41. The number of rotatable bonds is 9. The first-order valence-corrected chi connectivity index (χ1v) is 13.5. The van der Waals surface area contributed by atoms with Gasteiger partial charge in [0, 0.05) is 38.1 Å². The predicted octanol–water partition coefficient (Wildman–Crippen LogP) is 1.86. The highest BCUT2D eigenvalue weighted by molar-refractivity contribution is 7.92. The van der Waals surface area contributed by atoms with Gasteiger partial charge in [-0.05, 0) is 55.5 Å². The lowest BCUT2D eigenvalue weighted by Gasteiger charge is -2.28. The number of hydroxylamine groups is 1. The molecule has 3 heterocycles. The van der Waals surface area contributed by atoms with Crippen molar-refractivity contribution in [3.63, 3.8) is 0 Å². The molecule has 0 spiro atoms. The van der Waals surface area contributed by atoms with Gasteiger partial charge in [-0.25, -0.2) is 18.7 Å². The molecule has 2 aromatic heterocycles. The van der Waals surface area contributed by atoms with Crippen molar-refractivity contribution in [1.82, 2.24) is 25.0 Å². The van der Waals surface area contributed by atoms with Gasteiger partial charge in [-0.2, -0.15) is 15.0 Å². The third-order valence-electron chi connectivity index (χ3n) is 6.40. The third-order valence-corrected chi connectivity index (χ3v) is 8.42. The summed E-state index contributed by atoms with van der Waals surface area (Å²) in [6.07, 6.45) is 7.47. The van der Waals surface area contributed by atoms with Crippen LogP contribution in [0.4, 0.5) is 0 Å². The first kappa shape index (κ1) is 25.7. The van der Waals surface area contributed by atoms with E-state index >= 15 is 0 Å². The second-order valence-electron chi connectivity index (χ2n) is 8.91. The number of sulfone groups is 1. The molecule has 1 aliphatic rings. The largest absolute Gasteiger partial charge is 0.350 e. The molecular weight excluding hydrogens is 486 g/mol. The maximum atomic E-state index is 12.8. The normalized spacial score (nSPS) is 17.9. The quantitative estimate of drug-likeness (QED) is 0.427. The fourth-order valence-electron chi connectivity index (χ4n) is 3.84. The summed E-state index contributed by atoms with van der Waals surface area (Å²) in [5, 5.41) is 8.17. The van der Waals surface area contributed by atoms with E-state index < -0.39 is 26.8 Å². The number of carbonyl (C=O) groups is 1. The second kappa shape index (κ2) is 10.7. The molecule has 1 fully saturated rings. The van der Waals surface area contributed by atoms with Crippen LogP contribution in [0.3, 0.4) is 0 Å². The van der Waals surface area contributed by atoms with Crippen molar-refractivity contribution in [2.45, 2.75) is 50.2 Å². The molecule has 36 heavy (non-hydrogen) atoms. The number of hydrogen-bond acceptors (Lipinski definition) is 8. The molecule has 0 aliphatic carbocycles. The van der Waals surface area contributed by atoms with E-state index in [2.05, 4.69) is 15.7 Å². The van der Waals surface area contributed by atoms with Crippen molar-refractivity contribution >= 4 is 15.7 Å². The summed E-state index contributed by atoms with van der Waals surface area (Å²) >= 11 is 0. The lowest BCUT2D eigenvalue weighted by molar-refractivity contribution is -0.201. The van der Waals surface area contributed by atoms with E-state index in [4.69, 9.17) is 9.57 Å². The molecule has 3 aromatic rings. The molecule has 192 valence electrons. The Morgan fingerprint density at radius 2 is 1.89 bits per heavy atom. The van der Waals surface area contributed by atoms with Crippen molar-refractivity contribution < 1.29 is 22.8 Å². The van der Waals surface area contributed by atoms with Crippen LogP contribution in [-0.4, -0.2) is 57.8 Å². The first-order valence-electron chi connectivity index (χ1n) is 11.6. The van der Waals surface area contributed by atoms with Crippen LogP contribution in [0.2, 0.25) is 0 Å². The summed E-state index contributed by atoms with van der Waals surface area (Å²) in [6, 6.07) is 10.7. The van der Waals surface area contributed by atoms with Crippen molar-refractivity contribution in [2.24, 2.45) is 0 Å². The molecule has 1 saturated heterocycles. The molecule has 1 unspecified atom stereocenters. The van der Waals surface area contributed by atoms with E-state index in [1.54, 1.807) is 24.7 Å². The number of nitrogens with zero attached hydrogens (tertiary/aromatic N) is 4. The van der Waals surface area contributed by atoms with Crippen molar-refractivity contribution in [1.29, 1.82) is 0 Å². The van der Waals surface area contributed by atoms with Crippen molar-refractivity contribution in [2.75, 3.05) is 12.9 Å². The highest BCUT2D eigenvalue weighted by atomic mass is 32.2. The summed E-state index contributed by atoms with van der Waals surface area (Å²) in [4.78, 5) is 32.4. The van der Waals surface area contributed by atoms with E-state index in [1.807, 2.05) is 24.3 Å². The first-order chi connectivity index (χ1) is 17.2. The zero-order valence-electron chi connectivity index (χ0n) is 20.2. The predicted molar refractivity (Wildman–Crippen MR) is 132 cm³/mol. The molecule has 1 aliphatic heterocycles. The minimum absolute atomic E-state index is 0.0277. The molecule has 1 aromatic carbocycles. The number of aromatic nitrogens is 4. The van der Waals surface area contributed by atoms with E-state index in [-0.39, 0.29) is 18.5 Å². The highest BCUT2D eigenvalue weighted by Gasteiger charge is 2.44. The van der Waals surface area contributed by atoms with Gasteiger partial charge in [-0.3, -0.25) is 9.59 Å². The van der Waals surface area contributed by atoms with E-state index in [9.17, 15) is 18.0 Å². The summed E-state index contributed by atoms with van der Waals surface area (Å²) in [6.45, 7) is 1.88. The monoisotopic (exact) mass is 515 g/mol. The molecule has 0 saturated carbocycles. The maximum absolute atomic E-state index is 12.8. The van der Waals surface area contributed by atoms with Crippen LogP contribution in [-0.2, 0) is 30.8 Å². The molecule has 4 rings (SSSR count). The summed E-state index contributed by atoms with van der Waals surface area (Å²) in [5.74, 6) is -0.796. The number of hydrogen-bond donors (Lipinski definition) is 1. The van der Waals surface area contributed by atoms with E-state index in [0.29, 0.717) is 18.6 Å². The average molecular weight is 516 g/mol. The fraction of sp³-hybridized carbons (Fsp3) is 0.417. The molecule has 1 N–H and O–H groups in total. The molecule has 12 heteroatoms. The van der Waals surface area contributed by atoms with Crippen molar-refractivity contribution in [3.8, 4) is 16.8 Å². The standard InChI is InChI=1S/C24H29N5O6S/c1-24(36(2,32)33,23(31)27-35-22-5-3-4-16-34-22)11-15-28-14-10-19(17-21(28)30)18-6-8-20(9-7-18)29-25-12-13-26-29/h6-10,12-14,17,22H,3-5,11,15-16H2,1-2H3,(H,27,31)/t22?,24-/m1/s1. The number of nitrogens with one attached hydrogen (secondary N) is 1. The fourth-order valence-corrected chi connectivity index (χ4v) is 4.68. The third kappa shape index (κ3) is 5.72. The highest BCUT2D eigenvalue weighted by Crippen LogP contribution is 2.24. The molecule has 0 radical (unpaired) electrons. The van der Waals surface area contributed by atoms with Gasteiger partial charge >= 0.3 is 0 Å². The summed E-state index contributed by atoms with van der Waals surface area (Å²) < 4.78 is 30.1. The lowest BCUT2D eigenvalue weighted by atomic mass is 10.1. The Bertz CT molecular complexity index is 1350. The van der Waals surface area contributed by atoms with Gasteiger partial charge in [0.15, 0.2) is 20.9 Å². The van der Waals surface area contributed by atoms with Gasteiger partial charge < -0.3 is 9.30 Å². The number of pyridine rings is 1. The second-order valence-corrected chi connectivity index (χ2v) is 11.4.